The quantitative estimate of drug-likeness (QED) is 0.263. The van der Waals surface area contributed by atoms with Crippen LogP contribution in [0.3, 0.4) is 0 Å². The summed E-state index contributed by atoms with van der Waals surface area (Å²) in [6.45, 7) is 5.60. The van der Waals surface area contributed by atoms with Crippen molar-refractivity contribution in [3.05, 3.63) is 72.3 Å². The van der Waals surface area contributed by atoms with Crippen LogP contribution in [0.15, 0.2) is 66.7 Å². The first-order valence-electron chi connectivity index (χ1n) is 11.6. The maximum absolute atomic E-state index is 11.4. The number of hydrogen-bond acceptors (Lipinski definition) is 3. The van der Waals surface area contributed by atoms with E-state index < -0.39 is 5.97 Å². The predicted octanol–water partition coefficient (Wildman–Crippen LogP) is 6.63. The third-order valence-electron chi connectivity index (χ3n) is 5.89. The molecule has 0 aliphatic carbocycles. The highest BCUT2D eigenvalue weighted by atomic mass is 16.5. The van der Waals surface area contributed by atoms with E-state index in [2.05, 4.69) is 26.0 Å². The number of carboxylic acid groups (broad SMARTS) is 1. The van der Waals surface area contributed by atoms with Crippen LogP contribution in [0.5, 0.6) is 11.5 Å². The Morgan fingerprint density at radius 1 is 0.848 bits per heavy atom. The lowest BCUT2D eigenvalue weighted by atomic mass is 10.0. The Labute approximate surface area is 194 Å². The summed E-state index contributed by atoms with van der Waals surface area (Å²) < 4.78 is 13.8. The Morgan fingerprint density at radius 2 is 1.55 bits per heavy atom. The number of carboxylic acids is 1. The van der Waals surface area contributed by atoms with E-state index in [4.69, 9.17) is 9.47 Å². The number of ether oxygens (including phenoxy) is 2. The molecule has 5 nitrogen and oxygen atoms in total. The Bertz CT molecular complexity index is 1240. The van der Waals surface area contributed by atoms with E-state index in [-0.39, 0.29) is 6.54 Å². The number of fused-ring (bicyclic) bond motifs is 3. The van der Waals surface area contributed by atoms with Gasteiger partial charge in [-0.2, -0.15) is 0 Å². The molecule has 0 radical (unpaired) electrons. The molecule has 0 aliphatic heterocycles. The number of aliphatic carboxylic acids is 1. The molecule has 0 saturated heterocycles. The maximum atomic E-state index is 11.4. The summed E-state index contributed by atoms with van der Waals surface area (Å²) >= 11 is 0. The first kappa shape index (κ1) is 22.7. The highest BCUT2D eigenvalue weighted by Gasteiger charge is 2.13. The fourth-order valence-corrected chi connectivity index (χ4v) is 4.27. The van der Waals surface area contributed by atoms with Crippen molar-refractivity contribution in [2.45, 2.75) is 45.6 Å². The SMILES string of the molecule is CC(C)c1ccccc1OCCCCCOc1ccc2c3ccccc3n(CC(=O)O)c2c1. The number of rotatable bonds is 11. The van der Waals surface area contributed by atoms with Gasteiger partial charge in [0.2, 0.25) is 0 Å². The zero-order chi connectivity index (χ0) is 23.2. The van der Waals surface area contributed by atoms with Gasteiger partial charge in [-0.25, -0.2) is 0 Å². The molecule has 4 aromatic rings. The lowest BCUT2D eigenvalue weighted by molar-refractivity contribution is -0.137. The first-order valence-corrected chi connectivity index (χ1v) is 11.6. The van der Waals surface area contributed by atoms with Crippen LogP contribution in [-0.2, 0) is 11.3 Å². The number of benzene rings is 3. The lowest BCUT2D eigenvalue weighted by Gasteiger charge is -2.13. The summed E-state index contributed by atoms with van der Waals surface area (Å²) in [4.78, 5) is 11.4. The molecule has 0 aliphatic rings. The van der Waals surface area contributed by atoms with E-state index in [0.717, 1.165) is 52.6 Å². The summed E-state index contributed by atoms with van der Waals surface area (Å²) in [7, 11) is 0. The zero-order valence-electron chi connectivity index (χ0n) is 19.3. The second kappa shape index (κ2) is 10.4. The van der Waals surface area contributed by atoms with Crippen LogP contribution in [0.4, 0.5) is 0 Å². The lowest BCUT2D eigenvalue weighted by Crippen LogP contribution is -2.08. The first-order chi connectivity index (χ1) is 16.0. The van der Waals surface area contributed by atoms with E-state index in [9.17, 15) is 9.90 Å². The fraction of sp³-hybridized carbons (Fsp3) is 0.321. The highest BCUT2D eigenvalue weighted by Crippen LogP contribution is 2.31. The molecule has 3 aromatic carbocycles. The Kier molecular flexibility index (Phi) is 7.18. The van der Waals surface area contributed by atoms with Crippen LogP contribution in [-0.4, -0.2) is 28.9 Å². The number of aromatic nitrogens is 1. The molecule has 1 N–H and O–H groups in total. The average molecular weight is 446 g/mol. The van der Waals surface area contributed by atoms with Gasteiger partial charge >= 0.3 is 5.97 Å². The number of para-hydroxylation sites is 2. The Balaban J connectivity index is 1.31. The number of nitrogens with zero attached hydrogens (tertiary/aromatic N) is 1. The topological polar surface area (TPSA) is 60.7 Å². The van der Waals surface area contributed by atoms with Crippen molar-refractivity contribution in [1.82, 2.24) is 4.57 Å². The van der Waals surface area contributed by atoms with Gasteiger partial charge in [0, 0.05) is 22.4 Å². The van der Waals surface area contributed by atoms with Gasteiger partial charge in [0.25, 0.3) is 0 Å². The van der Waals surface area contributed by atoms with E-state index in [0.29, 0.717) is 19.1 Å². The van der Waals surface area contributed by atoms with Crippen LogP contribution in [0, 0.1) is 0 Å². The third kappa shape index (κ3) is 5.30. The van der Waals surface area contributed by atoms with Crippen molar-refractivity contribution in [3.63, 3.8) is 0 Å². The van der Waals surface area contributed by atoms with Gasteiger partial charge < -0.3 is 19.1 Å². The number of carbonyl (C=O) groups is 1. The summed E-state index contributed by atoms with van der Waals surface area (Å²) in [6.07, 6.45) is 2.93. The highest BCUT2D eigenvalue weighted by molar-refractivity contribution is 6.08. The van der Waals surface area contributed by atoms with Gasteiger partial charge in [-0.3, -0.25) is 4.79 Å². The average Bonchev–Trinajstić information content (AvgIpc) is 3.11. The van der Waals surface area contributed by atoms with Crippen LogP contribution in [0.1, 0.15) is 44.6 Å². The van der Waals surface area contributed by atoms with Crippen molar-refractivity contribution in [2.75, 3.05) is 13.2 Å². The second-order valence-electron chi connectivity index (χ2n) is 8.63. The molecule has 0 bridgehead atoms. The summed E-state index contributed by atoms with van der Waals surface area (Å²) in [5.74, 6) is 1.33. The van der Waals surface area contributed by atoms with Gasteiger partial charge in [0.05, 0.1) is 18.7 Å². The molecule has 0 amide bonds. The monoisotopic (exact) mass is 445 g/mol. The molecule has 0 fully saturated rings. The zero-order valence-corrected chi connectivity index (χ0v) is 19.3. The van der Waals surface area contributed by atoms with E-state index in [1.807, 2.05) is 59.2 Å². The minimum absolute atomic E-state index is 0.0760. The molecule has 0 unspecified atom stereocenters. The third-order valence-corrected chi connectivity index (χ3v) is 5.89. The number of unbranched alkanes of at least 4 members (excludes halogenated alkanes) is 2. The molecule has 33 heavy (non-hydrogen) atoms. The van der Waals surface area contributed by atoms with Gasteiger partial charge in [-0.1, -0.05) is 50.2 Å². The van der Waals surface area contributed by atoms with Crippen molar-refractivity contribution >= 4 is 27.8 Å². The van der Waals surface area contributed by atoms with Crippen molar-refractivity contribution in [3.8, 4) is 11.5 Å². The second-order valence-corrected chi connectivity index (χ2v) is 8.63. The molecule has 4 rings (SSSR count). The molecule has 0 saturated carbocycles. The maximum Gasteiger partial charge on any atom is 0.323 e. The van der Waals surface area contributed by atoms with E-state index >= 15 is 0 Å². The Morgan fingerprint density at radius 3 is 2.33 bits per heavy atom. The molecule has 172 valence electrons. The Hall–Kier alpha value is -3.47. The van der Waals surface area contributed by atoms with Crippen molar-refractivity contribution in [2.24, 2.45) is 0 Å². The fourth-order valence-electron chi connectivity index (χ4n) is 4.27. The predicted molar refractivity (Wildman–Crippen MR) is 132 cm³/mol. The van der Waals surface area contributed by atoms with Crippen molar-refractivity contribution < 1.29 is 19.4 Å². The smallest absolute Gasteiger partial charge is 0.323 e. The molecule has 1 heterocycles. The van der Waals surface area contributed by atoms with Crippen LogP contribution in [0.2, 0.25) is 0 Å². The van der Waals surface area contributed by atoms with Gasteiger partial charge in [-0.05, 0) is 55.0 Å². The standard InChI is InChI=1S/C28H31NO4/c1-20(2)22-10-5-7-13-27(22)33-17-9-3-8-16-32-21-14-15-24-23-11-4-6-12-25(23)29(19-28(30)31)26(24)18-21/h4-7,10-15,18,20H,3,8-9,16-17,19H2,1-2H3,(H,30,31). The van der Waals surface area contributed by atoms with E-state index in [1.165, 1.54) is 5.56 Å². The van der Waals surface area contributed by atoms with Crippen LogP contribution in [0.25, 0.3) is 21.8 Å². The van der Waals surface area contributed by atoms with Gasteiger partial charge in [-0.15, -0.1) is 0 Å². The molecule has 5 heteroatoms. The molecule has 1 aromatic heterocycles. The van der Waals surface area contributed by atoms with Crippen LogP contribution >= 0.6 is 0 Å². The minimum Gasteiger partial charge on any atom is -0.494 e. The largest absolute Gasteiger partial charge is 0.494 e. The van der Waals surface area contributed by atoms with Gasteiger partial charge in [0.1, 0.15) is 18.0 Å². The summed E-state index contributed by atoms with van der Waals surface area (Å²) in [6, 6.07) is 22.1. The van der Waals surface area contributed by atoms with Gasteiger partial charge in [0.15, 0.2) is 0 Å². The normalized spacial score (nSPS) is 11.4. The number of hydrogen-bond donors (Lipinski definition) is 1. The summed E-state index contributed by atoms with van der Waals surface area (Å²) in [5, 5.41) is 11.5. The van der Waals surface area contributed by atoms with Crippen LogP contribution < -0.4 is 9.47 Å². The molecule has 0 spiro atoms. The molecular formula is C28H31NO4. The molecular weight excluding hydrogens is 414 g/mol. The van der Waals surface area contributed by atoms with Crippen molar-refractivity contribution in [1.29, 1.82) is 0 Å². The molecule has 0 atom stereocenters. The minimum atomic E-state index is -0.859. The summed E-state index contributed by atoms with van der Waals surface area (Å²) in [5.41, 5.74) is 3.05. The van der Waals surface area contributed by atoms with E-state index in [1.54, 1.807) is 0 Å².